The van der Waals surface area contributed by atoms with Crippen LogP contribution in [0.15, 0.2) is 17.0 Å². The molecule has 0 atom stereocenters. The summed E-state index contributed by atoms with van der Waals surface area (Å²) in [6.45, 7) is 4.92. The van der Waals surface area contributed by atoms with Crippen molar-refractivity contribution in [1.82, 2.24) is 0 Å². The first kappa shape index (κ1) is 14.7. The number of hydrogen-bond acceptors (Lipinski definition) is 5. The van der Waals surface area contributed by atoms with Gasteiger partial charge in [-0.3, -0.25) is 10.1 Å². The molecule has 0 aliphatic carbocycles. The van der Waals surface area contributed by atoms with E-state index in [1.54, 1.807) is 13.8 Å². The molecule has 100 valence electrons. The highest BCUT2D eigenvalue weighted by atomic mass is 35.7. The van der Waals surface area contributed by atoms with Gasteiger partial charge in [0.1, 0.15) is 0 Å². The van der Waals surface area contributed by atoms with E-state index in [-0.39, 0.29) is 16.7 Å². The minimum atomic E-state index is -4.02. The molecule has 0 saturated carbocycles. The fourth-order valence-corrected chi connectivity index (χ4v) is 2.60. The highest BCUT2D eigenvalue weighted by molar-refractivity contribution is 8.13. The summed E-state index contributed by atoms with van der Waals surface area (Å²) >= 11 is 0. The maximum Gasteiger partial charge on any atom is 0.312 e. The standard InChI is InChI=1S/C10H12ClNO5S/c1-6(2)17-9-4-7(3)10(18(11,15)16)5-8(9)12(13)14/h4-6H,1-3H3. The molecule has 0 saturated heterocycles. The van der Waals surface area contributed by atoms with Crippen LogP contribution in [0.5, 0.6) is 5.75 Å². The van der Waals surface area contributed by atoms with Crippen LogP contribution in [0, 0.1) is 17.0 Å². The maximum absolute atomic E-state index is 11.3. The van der Waals surface area contributed by atoms with Crippen molar-refractivity contribution in [3.63, 3.8) is 0 Å². The summed E-state index contributed by atoms with van der Waals surface area (Å²) in [6, 6.07) is 2.21. The molecule has 6 nitrogen and oxygen atoms in total. The Morgan fingerprint density at radius 1 is 1.39 bits per heavy atom. The average Bonchev–Trinajstić information content (AvgIpc) is 2.13. The maximum atomic E-state index is 11.3. The minimum Gasteiger partial charge on any atom is -0.484 e. The van der Waals surface area contributed by atoms with Gasteiger partial charge in [0.25, 0.3) is 9.05 Å². The molecule has 0 aliphatic heterocycles. The van der Waals surface area contributed by atoms with Crippen LogP contribution in [-0.4, -0.2) is 19.4 Å². The quantitative estimate of drug-likeness (QED) is 0.484. The summed E-state index contributed by atoms with van der Waals surface area (Å²) in [5.41, 5.74) is -0.125. The van der Waals surface area contributed by atoms with Crippen LogP contribution in [-0.2, 0) is 9.05 Å². The number of halogens is 1. The summed E-state index contributed by atoms with van der Waals surface area (Å²) in [7, 11) is 1.18. The van der Waals surface area contributed by atoms with Gasteiger partial charge in [-0.2, -0.15) is 0 Å². The van der Waals surface area contributed by atoms with Gasteiger partial charge in [0.15, 0.2) is 5.75 Å². The van der Waals surface area contributed by atoms with Gasteiger partial charge < -0.3 is 4.74 Å². The van der Waals surface area contributed by atoms with Crippen molar-refractivity contribution >= 4 is 25.4 Å². The molecule has 1 aromatic rings. The van der Waals surface area contributed by atoms with E-state index in [9.17, 15) is 18.5 Å². The fourth-order valence-electron chi connectivity index (χ4n) is 1.40. The lowest BCUT2D eigenvalue weighted by Crippen LogP contribution is -2.08. The van der Waals surface area contributed by atoms with Gasteiger partial charge in [0.05, 0.1) is 15.9 Å². The Morgan fingerprint density at radius 3 is 2.33 bits per heavy atom. The van der Waals surface area contributed by atoms with E-state index in [1.165, 1.54) is 13.0 Å². The van der Waals surface area contributed by atoms with Crippen molar-refractivity contribution in [3.05, 3.63) is 27.8 Å². The number of ether oxygens (including phenoxy) is 1. The Morgan fingerprint density at radius 2 is 1.94 bits per heavy atom. The summed E-state index contributed by atoms with van der Waals surface area (Å²) in [5.74, 6) is 0.0246. The smallest absolute Gasteiger partial charge is 0.312 e. The predicted molar refractivity (Wildman–Crippen MR) is 66.6 cm³/mol. The highest BCUT2D eigenvalue weighted by Crippen LogP contribution is 2.34. The first-order valence-electron chi connectivity index (χ1n) is 5.03. The summed E-state index contributed by atoms with van der Waals surface area (Å²) in [6.07, 6.45) is -0.262. The van der Waals surface area contributed by atoms with E-state index in [4.69, 9.17) is 15.4 Å². The molecule has 0 fully saturated rings. The largest absolute Gasteiger partial charge is 0.484 e. The second-order valence-electron chi connectivity index (χ2n) is 3.95. The first-order chi connectivity index (χ1) is 8.12. The van der Waals surface area contributed by atoms with E-state index in [0.717, 1.165) is 6.07 Å². The number of hydrogen-bond donors (Lipinski definition) is 0. The van der Waals surface area contributed by atoms with Gasteiger partial charge in [0, 0.05) is 16.7 Å². The van der Waals surface area contributed by atoms with Crippen molar-refractivity contribution in [2.24, 2.45) is 0 Å². The number of nitro groups is 1. The molecule has 0 aliphatic rings. The number of nitrogens with zero attached hydrogens (tertiary/aromatic N) is 1. The number of aryl methyl sites for hydroxylation is 1. The Labute approximate surface area is 109 Å². The van der Waals surface area contributed by atoms with Gasteiger partial charge >= 0.3 is 5.69 Å². The predicted octanol–water partition coefficient (Wildman–Crippen LogP) is 2.62. The third-order valence-electron chi connectivity index (χ3n) is 2.08. The number of benzene rings is 1. The molecule has 0 amide bonds. The summed E-state index contributed by atoms with van der Waals surface area (Å²) in [4.78, 5) is 9.89. The molecule has 0 radical (unpaired) electrons. The summed E-state index contributed by atoms with van der Waals surface area (Å²) in [5, 5.41) is 10.9. The molecule has 1 aromatic carbocycles. The molecule has 1 rings (SSSR count). The zero-order valence-electron chi connectivity index (χ0n) is 10.0. The lowest BCUT2D eigenvalue weighted by atomic mass is 10.2. The van der Waals surface area contributed by atoms with Crippen LogP contribution >= 0.6 is 10.7 Å². The van der Waals surface area contributed by atoms with Crippen LogP contribution in [0.25, 0.3) is 0 Å². The van der Waals surface area contributed by atoms with Gasteiger partial charge in [0.2, 0.25) is 0 Å². The molecular weight excluding hydrogens is 282 g/mol. The minimum absolute atomic E-state index is 0.0246. The van der Waals surface area contributed by atoms with Crippen molar-refractivity contribution in [2.45, 2.75) is 31.8 Å². The van der Waals surface area contributed by atoms with Gasteiger partial charge in [-0.05, 0) is 32.4 Å². The third-order valence-corrected chi connectivity index (χ3v) is 3.54. The monoisotopic (exact) mass is 293 g/mol. The molecule has 8 heteroatoms. The Balaban J connectivity index is 3.49. The van der Waals surface area contributed by atoms with Crippen molar-refractivity contribution in [2.75, 3.05) is 0 Å². The molecule has 0 bridgehead atoms. The molecule has 0 aromatic heterocycles. The van der Waals surface area contributed by atoms with Gasteiger partial charge in [-0.15, -0.1) is 0 Å². The molecule has 0 spiro atoms. The normalized spacial score (nSPS) is 11.6. The van der Waals surface area contributed by atoms with Crippen molar-refractivity contribution in [3.8, 4) is 5.75 Å². The Kier molecular flexibility index (Phi) is 4.18. The first-order valence-corrected chi connectivity index (χ1v) is 7.34. The topological polar surface area (TPSA) is 86.5 Å². The van der Waals surface area contributed by atoms with E-state index in [0.29, 0.717) is 5.56 Å². The Hall–Kier alpha value is -1.34. The van der Waals surface area contributed by atoms with E-state index >= 15 is 0 Å². The lowest BCUT2D eigenvalue weighted by Gasteiger charge is -2.12. The fraction of sp³-hybridized carbons (Fsp3) is 0.400. The molecule has 0 N–H and O–H groups in total. The van der Waals surface area contributed by atoms with E-state index in [1.807, 2.05) is 0 Å². The summed E-state index contributed by atoms with van der Waals surface area (Å²) < 4.78 is 27.8. The zero-order chi connectivity index (χ0) is 14.1. The number of nitro benzene ring substituents is 1. The van der Waals surface area contributed by atoms with Gasteiger partial charge in [-0.25, -0.2) is 8.42 Å². The number of rotatable bonds is 4. The van der Waals surface area contributed by atoms with Crippen molar-refractivity contribution in [1.29, 1.82) is 0 Å². The molecule has 0 unspecified atom stereocenters. The van der Waals surface area contributed by atoms with Gasteiger partial charge in [-0.1, -0.05) is 0 Å². The van der Waals surface area contributed by atoms with Crippen LogP contribution < -0.4 is 4.74 Å². The molecule has 0 heterocycles. The van der Waals surface area contributed by atoms with E-state index in [2.05, 4.69) is 0 Å². The van der Waals surface area contributed by atoms with Crippen LogP contribution in [0.4, 0.5) is 5.69 Å². The zero-order valence-corrected chi connectivity index (χ0v) is 11.6. The van der Waals surface area contributed by atoms with Crippen LogP contribution in [0.1, 0.15) is 19.4 Å². The van der Waals surface area contributed by atoms with Crippen LogP contribution in [0.2, 0.25) is 0 Å². The molecular formula is C10H12ClNO5S. The van der Waals surface area contributed by atoms with E-state index < -0.39 is 19.7 Å². The molecule has 18 heavy (non-hydrogen) atoms. The average molecular weight is 294 g/mol. The highest BCUT2D eigenvalue weighted by Gasteiger charge is 2.24. The Bertz CT molecular complexity index is 582. The van der Waals surface area contributed by atoms with Crippen molar-refractivity contribution < 1.29 is 18.1 Å². The second-order valence-corrected chi connectivity index (χ2v) is 6.48. The second kappa shape index (κ2) is 5.11. The van der Waals surface area contributed by atoms with Crippen LogP contribution in [0.3, 0.4) is 0 Å². The lowest BCUT2D eigenvalue weighted by molar-refractivity contribution is -0.386. The third kappa shape index (κ3) is 3.33. The SMILES string of the molecule is Cc1cc(OC(C)C)c([N+](=O)[O-])cc1S(=O)(=O)Cl.